The molecule has 0 bridgehead atoms. The molecule has 4 nitrogen and oxygen atoms in total. The summed E-state index contributed by atoms with van der Waals surface area (Å²) in [5, 5.41) is 0. The average molecular weight is 611 g/mol. The molecule has 0 aliphatic heterocycles. The third-order valence-electron chi connectivity index (χ3n) is 6.75. The Morgan fingerprint density at radius 2 is 0.789 bits per heavy atom. The van der Waals surface area contributed by atoms with Crippen LogP contribution >= 0.6 is 21.6 Å². The second-order valence-electron chi connectivity index (χ2n) is 10.7. The number of rotatable bonds is 31. The summed E-state index contributed by atoms with van der Waals surface area (Å²) in [5.74, 6) is 2.35. The third kappa shape index (κ3) is 20.8. The Bertz CT molecular complexity index is 431. The van der Waals surface area contributed by atoms with Crippen molar-refractivity contribution in [3.8, 4) is 0 Å². The van der Waals surface area contributed by atoms with Crippen molar-refractivity contribution in [3.05, 3.63) is 0 Å². The van der Waals surface area contributed by atoms with Crippen LogP contribution < -0.4 is 0 Å². The maximum absolute atomic E-state index is 6.46. The molecule has 0 spiro atoms. The minimum Gasteiger partial charge on any atom is -0.354 e. The van der Waals surface area contributed by atoms with E-state index in [2.05, 4.69) is 41.5 Å². The molecular formula is C30H66O4S2Si2. The van der Waals surface area contributed by atoms with Crippen LogP contribution in [-0.2, 0) is 18.9 Å². The van der Waals surface area contributed by atoms with Crippen LogP contribution in [0.4, 0.5) is 0 Å². The quantitative estimate of drug-likeness (QED) is 0.0339. The second-order valence-corrected chi connectivity index (χ2v) is 18.0. The lowest BCUT2D eigenvalue weighted by atomic mass is 10.3. The lowest BCUT2D eigenvalue weighted by Crippen LogP contribution is -2.43. The predicted octanol–water partition coefficient (Wildman–Crippen LogP) is 8.50. The van der Waals surface area contributed by atoms with Gasteiger partial charge in [0, 0.05) is 37.9 Å². The van der Waals surface area contributed by atoms with E-state index in [0.717, 1.165) is 65.0 Å². The molecule has 0 N–H and O–H groups in total. The fourth-order valence-electron chi connectivity index (χ4n) is 4.62. The molecule has 230 valence electrons. The van der Waals surface area contributed by atoms with E-state index in [9.17, 15) is 0 Å². The highest BCUT2D eigenvalue weighted by atomic mass is 33.1. The minimum atomic E-state index is -0.416. The Morgan fingerprint density at radius 1 is 0.447 bits per heavy atom. The Labute approximate surface area is 251 Å². The number of hydrogen-bond donors (Lipinski definition) is 0. The molecule has 0 radical (unpaired) electrons. The largest absolute Gasteiger partial charge is 0.354 e. The van der Waals surface area contributed by atoms with Gasteiger partial charge in [-0.1, -0.05) is 114 Å². The van der Waals surface area contributed by atoms with Gasteiger partial charge < -0.3 is 18.9 Å². The first-order chi connectivity index (χ1) is 18.6. The van der Waals surface area contributed by atoms with Crippen LogP contribution in [0.5, 0.6) is 0 Å². The van der Waals surface area contributed by atoms with Gasteiger partial charge in [-0.3, -0.25) is 0 Å². The van der Waals surface area contributed by atoms with Crippen molar-refractivity contribution in [2.75, 3.05) is 37.9 Å². The summed E-state index contributed by atoms with van der Waals surface area (Å²) in [7, 11) is 3.24. The van der Waals surface area contributed by atoms with Crippen LogP contribution in [0.15, 0.2) is 0 Å². The molecule has 0 fully saturated rings. The van der Waals surface area contributed by atoms with E-state index >= 15 is 0 Å². The second kappa shape index (κ2) is 28.1. The Morgan fingerprint density at radius 3 is 1.08 bits per heavy atom. The summed E-state index contributed by atoms with van der Waals surface area (Å²) < 4.78 is 25.8. The van der Waals surface area contributed by atoms with Crippen LogP contribution in [0.25, 0.3) is 0 Å². The predicted molar refractivity (Wildman–Crippen MR) is 180 cm³/mol. The average Bonchev–Trinajstić information content (AvgIpc) is 2.94. The van der Waals surface area contributed by atoms with Gasteiger partial charge in [-0.25, -0.2) is 0 Å². The first kappa shape index (κ1) is 39.0. The van der Waals surface area contributed by atoms with E-state index in [4.69, 9.17) is 18.9 Å². The Balaban J connectivity index is 4.63. The number of hydrogen-bond acceptors (Lipinski definition) is 6. The molecule has 0 rings (SSSR count). The molecule has 0 atom stereocenters. The van der Waals surface area contributed by atoms with Crippen LogP contribution in [0.1, 0.15) is 131 Å². The van der Waals surface area contributed by atoms with Crippen molar-refractivity contribution in [1.82, 2.24) is 0 Å². The van der Waals surface area contributed by atoms with E-state index in [0.29, 0.717) is 0 Å². The van der Waals surface area contributed by atoms with E-state index in [1.165, 1.54) is 75.0 Å². The summed E-state index contributed by atoms with van der Waals surface area (Å²) in [5.41, 5.74) is -0.472. The van der Waals surface area contributed by atoms with E-state index in [-0.39, 0.29) is 10.8 Å². The van der Waals surface area contributed by atoms with E-state index < -0.39 is 19.0 Å². The summed E-state index contributed by atoms with van der Waals surface area (Å²) in [6.07, 6.45) is 16.7. The molecule has 8 heteroatoms. The standard InChI is InChI=1S/C30H66O4S2Si2/c1-7-13-15-27-37-29(31-21-9-3,32-22-10-4)19-17-25-35-36-26-18-20-30(33-23-11-5,34-24-12-6)38-28-16-14-8-2/h7-28,37-38H2,1-6H3. The molecule has 0 amide bonds. The molecule has 0 aliphatic rings. The first-order valence-electron chi connectivity index (χ1n) is 16.4. The smallest absolute Gasteiger partial charge is 0.145 e. The Kier molecular flexibility index (Phi) is 28.8. The summed E-state index contributed by atoms with van der Waals surface area (Å²) in [4.78, 5) is 0. The van der Waals surface area contributed by atoms with Crippen LogP contribution in [-0.4, -0.2) is 67.8 Å². The lowest BCUT2D eigenvalue weighted by Gasteiger charge is -2.34. The van der Waals surface area contributed by atoms with E-state index in [1.54, 1.807) is 0 Å². The summed E-state index contributed by atoms with van der Waals surface area (Å²) >= 11 is 0. The fraction of sp³-hybridized carbons (Fsp3) is 1.00. The topological polar surface area (TPSA) is 36.9 Å². The highest BCUT2D eigenvalue weighted by molar-refractivity contribution is 8.76. The maximum Gasteiger partial charge on any atom is 0.145 e. The molecule has 0 saturated heterocycles. The summed E-state index contributed by atoms with van der Waals surface area (Å²) in [6, 6.07) is 2.68. The zero-order valence-corrected chi connectivity index (χ0v) is 30.9. The molecular weight excluding hydrogens is 545 g/mol. The fourth-order valence-corrected chi connectivity index (χ4v) is 11.2. The van der Waals surface area contributed by atoms with Crippen molar-refractivity contribution in [3.63, 3.8) is 0 Å². The monoisotopic (exact) mass is 610 g/mol. The van der Waals surface area contributed by atoms with Gasteiger partial charge >= 0.3 is 0 Å². The SMILES string of the molecule is CCCCC[SiH2]C(CCCSSCCCC(OCCC)(OCCC)[SiH2]CCCCC)(OCCC)OCCC. The zero-order chi connectivity index (χ0) is 28.2. The molecule has 38 heavy (non-hydrogen) atoms. The van der Waals surface area contributed by atoms with Crippen molar-refractivity contribution in [1.29, 1.82) is 0 Å². The summed E-state index contributed by atoms with van der Waals surface area (Å²) in [6.45, 7) is 16.7. The van der Waals surface area contributed by atoms with Gasteiger partial charge in [-0.2, -0.15) is 0 Å². The van der Waals surface area contributed by atoms with Gasteiger partial charge in [0.1, 0.15) is 10.8 Å². The normalized spacial score (nSPS) is 13.1. The number of ether oxygens (including phenoxy) is 4. The van der Waals surface area contributed by atoms with Crippen molar-refractivity contribution in [2.45, 2.75) is 154 Å². The van der Waals surface area contributed by atoms with Gasteiger partial charge in [-0.15, -0.1) is 0 Å². The molecule has 0 aliphatic carbocycles. The van der Waals surface area contributed by atoms with E-state index in [1.807, 2.05) is 21.6 Å². The molecule has 0 aromatic carbocycles. The molecule has 0 saturated carbocycles. The Hall–Kier alpha value is 0.974. The van der Waals surface area contributed by atoms with Gasteiger partial charge in [-0.05, 0) is 51.4 Å². The van der Waals surface area contributed by atoms with Crippen molar-refractivity contribution in [2.24, 2.45) is 0 Å². The van der Waals surface area contributed by atoms with Crippen LogP contribution in [0.2, 0.25) is 12.1 Å². The first-order valence-corrected chi connectivity index (χ1v) is 22.3. The van der Waals surface area contributed by atoms with Crippen molar-refractivity contribution >= 4 is 40.6 Å². The van der Waals surface area contributed by atoms with Gasteiger partial charge in [0.05, 0.1) is 19.0 Å². The number of unbranched alkanes of at least 4 members (excludes halogenated alkanes) is 4. The van der Waals surface area contributed by atoms with Crippen molar-refractivity contribution < 1.29 is 18.9 Å². The zero-order valence-electron chi connectivity index (χ0n) is 26.4. The highest BCUT2D eigenvalue weighted by Crippen LogP contribution is 2.30. The highest BCUT2D eigenvalue weighted by Gasteiger charge is 2.32. The molecule has 0 aromatic heterocycles. The van der Waals surface area contributed by atoms with Gasteiger partial charge in [0.15, 0.2) is 0 Å². The van der Waals surface area contributed by atoms with Gasteiger partial charge in [0.2, 0.25) is 0 Å². The molecule has 0 aromatic rings. The third-order valence-corrected chi connectivity index (χ3v) is 14.1. The lowest BCUT2D eigenvalue weighted by molar-refractivity contribution is -0.185. The minimum absolute atomic E-state index is 0.236. The molecule has 0 heterocycles. The van der Waals surface area contributed by atoms with Crippen LogP contribution in [0.3, 0.4) is 0 Å². The van der Waals surface area contributed by atoms with Gasteiger partial charge in [0.25, 0.3) is 0 Å². The maximum atomic E-state index is 6.46. The van der Waals surface area contributed by atoms with Crippen LogP contribution in [0, 0.1) is 0 Å². The molecule has 0 unspecified atom stereocenters.